The molecule has 1 aliphatic carbocycles. The maximum absolute atomic E-state index is 5.58. The van der Waals surface area contributed by atoms with Crippen LogP contribution in [0.2, 0.25) is 0 Å². The molecule has 0 N–H and O–H groups in total. The van der Waals surface area contributed by atoms with E-state index in [0.717, 1.165) is 23.4 Å². The highest BCUT2D eigenvalue weighted by Gasteiger charge is 2.28. The average Bonchev–Trinajstić information content (AvgIpc) is 2.51. The highest BCUT2D eigenvalue weighted by Crippen LogP contribution is 2.29. The number of pyridine rings is 1. The van der Waals surface area contributed by atoms with Crippen molar-refractivity contribution in [2.45, 2.75) is 44.7 Å². The first kappa shape index (κ1) is 14.3. The second-order valence-electron chi connectivity index (χ2n) is 5.63. The van der Waals surface area contributed by atoms with Crippen molar-refractivity contribution in [3.8, 4) is 0 Å². The Bertz CT molecular complexity index is 446. The fraction of sp³-hybridized carbons (Fsp3) is 0.600. The molecular formula is C15H21N3S2. The van der Waals surface area contributed by atoms with Crippen LogP contribution in [-0.2, 0) is 6.54 Å². The van der Waals surface area contributed by atoms with Crippen LogP contribution in [0.3, 0.4) is 0 Å². The minimum Gasteiger partial charge on any atom is -0.341 e. The highest BCUT2D eigenvalue weighted by atomic mass is 32.2. The Morgan fingerprint density at radius 1 is 1.30 bits per heavy atom. The summed E-state index contributed by atoms with van der Waals surface area (Å²) in [6.45, 7) is 1.94. The maximum atomic E-state index is 5.58. The van der Waals surface area contributed by atoms with Gasteiger partial charge in [-0.05, 0) is 24.5 Å². The summed E-state index contributed by atoms with van der Waals surface area (Å²) in [5.74, 6) is 0.997. The summed E-state index contributed by atoms with van der Waals surface area (Å²) in [5, 5.41) is 0. The van der Waals surface area contributed by atoms with Gasteiger partial charge in [-0.3, -0.25) is 9.88 Å². The molecule has 1 aromatic rings. The molecule has 0 unspecified atom stereocenters. The molecule has 1 saturated heterocycles. The predicted octanol–water partition coefficient (Wildman–Crippen LogP) is 3.47. The number of aromatic nitrogens is 1. The largest absolute Gasteiger partial charge is 0.341 e. The third-order valence-electron chi connectivity index (χ3n) is 4.10. The van der Waals surface area contributed by atoms with Crippen molar-refractivity contribution in [3.05, 3.63) is 30.1 Å². The molecule has 108 valence electrons. The molecule has 0 amide bonds. The highest BCUT2D eigenvalue weighted by molar-refractivity contribution is 8.22. The quantitative estimate of drug-likeness (QED) is 0.794. The lowest BCUT2D eigenvalue weighted by Gasteiger charge is -2.42. The lowest BCUT2D eigenvalue weighted by atomic mass is 9.95. The number of rotatable bonds is 3. The molecule has 0 bridgehead atoms. The second-order valence-corrected chi connectivity index (χ2v) is 7.21. The van der Waals surface area contributed by atoms with Gasteiger partial charge >= 0.3 is 0 Å². The molecule has 3 rings (SSSR count). The molecular weight excluding hydrogens is 286 g/mol. The van der Waals surface area contributed by atoms with Gasteiger partial charge < -0.3 is 4.90 Å². The van der Waals surface area contributed by atoms with E-state index in [1.54, 1.807) is 0 Å². The van der Waals surface area contributed by atoms with Crippen LogP contribution in [0.25, 0.3) is 0 Å². The molecule has 2 fully saturated rings. The minimum absolute atomic E-state index is 0.667. The summed E-state index contributed by atoms with van der Waals surface area (Å²) in [4.78, 5) is 9.12. The predicted molar refractivity (Wildman–Crippen MR) is 88.4 cm³/mol. The van der Waals surface area contributed by atoms with Gasteiger partial charge in [-0.1, -0.05) is 49.3 Å². The number of hydrogen-bond donors (Lipinski definition) is 0. The molecule has 0 radical (unpaired) electrons. The third-order valence-corrected chi connectivity index (χ3v) is 5.67. The molecule has 2 heterocycles. The van der Waals surface area contributed by atoms with Crippen LogP contribution in [0, 0.1) is 0 Å². The first-order chi connectivity index (χ1) is 9.83. The van der Waals surface area contributed by atoms with E-state index < -0.39 is 0 Å². The second kappa shape index (κ2) is 6.87. The molecule has 1 saturated carbocycles. The zero-order valence-electron chi connectivity index (χ0n) is 11.7. The van der Waals surface area contributed by atoms with Crippen molar-refractivity contribution in [2.75, 3.05) is 12.5 Å². The van der Waals surface area contributed by atoms with Gasteiger partial charge in [0.2, 0.25) is 0 Å². The van der Waals surface area contributed by atoms with Crippen LogP contribution in [0.1, 0.15) is 37.7 Å². The van der Waals surface area contributed by atoms with Gasteiger partial charge in [0.05, 0.1) is 12.5 Å². The van der Waals surface area contributed by atoms with Crippen LogP contribution in [0.15, 0.2) is 24.5 Å². The summed E-state index contributed by atoms with van der Waals surface area (Å²) in [7, 11) is 0. The fourth-order valence-electron chi connectivity index (χ4n) is 3.05. The monoisotopic (exact) mass is 307 g/mol. The lowest BCUT2D eigenvalue weighted by molar-refractivity contribution is 0.146. The van der Waals surface area contributed by atoms with Gasteiger partial charge in [0.15, 0.2) is 0 Å². The van der Waals surface area contributed by atoms with Gasteiger partial charge in [-0.15, -0.1) is 0 Å². The summed E-state index contributed by atoms with van der Waals surface area (Å²) in [5.41, 5.74) is 1.28. The summed E-state index contributed by atoms with van der Waals surface area (Å²) < 4.78 is 1.10. The molecule has 3 nitrogen and oxygen atoms in total. The van der Waals surface area contributed by atoms with Crippen molar-refractivity contribution in [1.82, 2.24) is 14.8 Å². The Hall–Kier alpha value is -0.650. The zero-order valence-corrected chi connectivity index (χ0v) is 13.3. The first-order valence-electron chi connectivity index (χ1n) is 7.37. The van der Waals surface area contributed by atoms with Gasteiger partial charge in [0.25, 0.3) is 0 Å². The normalized spacial score (nSPS) is 22.2. The van der Waals surface area contributed by atoms with E-state index in [1.165, 1.54) is 37.7 Å². The van der Waals surface area contributed by atoms with Gasteiger partial charge in [0, 0.05) is 25.0 Å². The van der Waals surface area contributed by atoms with Crippen molar-refractivity contribution in [3.63, 3.8) is 0 Å². The molecule has 0 spiro atoms. The van der Waals surface area contributed by atoms with E-state index in [-0.39, 0.29) is 0 Å². The Labute approximate surface area is 130 Å². The Kier molecular flexibility index (Phi) is 4.91. The summed E-state index contributed by atoms with van der Waals surface area (Å²) in [6.07, 6.45) is 10.5. The van der Waals surface area contributed by atoms with Crippen LogP contribution >= 0.6 is 24.0 Å². The van der Waals surface area contributed by atoms with Gasteiger partial charge in [-0.2, -0.15) is 0 Å². The van der Waals surface area contributed by atoms with E-state index >= 15 is 0 Å². The molecule has 0 atom stereocenters. The lowest BCUT2D eigenvalue weighted by Crippen LogP contribution is -2.49. The molecule has 20 heavy (non-hydrogen) atoms. The minimum atomic E-state index is 0.667. The molecule has 1 aromatic heterocycles. The van der Waals surface area contributed by atoms with E-state index in [9.17, 15) is 0 Å². The van der Waals surface area contributed by atoms with E-state index in [2.05, 4.69) is 20.9 Å². The first-order valence-corrected chi connectivity index (χ1v) is 8.77. The van der Waals surface area contributed by atoms with Crippen molar-refractivity contribution < 1.29 is 0 Å². The third kappa shape index (κ3) is 3.51. The Morgan fingerprint density at radius 2 is 2.15 bits per heavy atom. The van der Waals surface area contributed by atoms with Gasteiger partial charge in [0.1, 0.15) is 4.32 Å². The number of thioether (sulfide) groups is 1. The van der Waals surface area contributed by atoms with E-state index in [1.807, 2.05) is 30.2 Å². The topological polar surface area (TPSA) is 19.4 Å². The molecule has 1 aliphatic heterocycles. The fourth-order valence-corrected chi connectivity index (χ4v) is 4.25. The Balaban J connectivity index is 1.62. The number of hydrogen-bond acceptors (Lipinski definition) is 4. The SMILES string of the molecule is S=C1SCN(Cc2cccnc2)CN1C1CCCCC1. The van der Waals surface area contributed by atoms with Crippen molar-refractivity contribution in [2.24, 2.45) is 0 Å². The van der Waals surface area contributed by atoms with Gasteiger partial charge in [-0.25, -0.2) is 0 Å². The standard InChI is InChI=1S/C15H21N3S2/c19-15-18(14-6-2-1-3-7-14)11-17(12-20-15)10-13-5-4-8-16-9-13/h4-5,8-9,14H,1-3,6-7,10-12H2. The van der Waals surface area contributed by atoms with Crippen molar-refractivity contribution in [1.29, 1.82) is 0 Å². The molecule has 5 heteroatoms. The maximum Gasteiger partial charge on any atom is 0.138 e. The average molecular weight is 307 g/mol. The number of thiocarbonyl (C=S) groups is 1. The molecule has 0 aromatic carbocycles. The van der Waals surface area contributed by atoms with Crippen LogP contribution in [0.5, 0.6) is 0 Å². The number of nitrogens with zero attached hydrogens (tertiary/aromatic N) is 3. The summed E-state index contributed by atoms with van der Waals surface area (Å²) in [6, 6.07) is 4.83. The summed E-state index contributed by atoms with van der Waals surface area (Å²) >= 11 is 7.39. The molecule has 2 aliphatic rings. The zero-order chi connectivity index (χ0) is 13.8. The van der Waals surface area contributed by atoms with Crippen LogP contribution in [0.4, 0.5) is 0 Å². The van der Waals surface area contributed by atoms with E-state index in [0.29, 0.717) is 6.04 Å². The van der Waals surface area contributed by atoms with Crippen LogP contribution in [-0.4, -0.2) is 37.7 Å². The smallest absolute Gasteiger partial charge is 0.138 e. The van der Waals surface area contributed by atoms with Crippen LogP contribution < -0.4 is 0 Å². The Morgan fingerprint density at radius 3 is 2.90 bits per heavy atom. The van der Waals surface area contributed by atoms with Crippen molar-refractivity contribution >= 4 is 28.3 Å². The van der Waals surface area contributed by atoms with E-state index in [4.69, 9.17) is 12.2 Å².